The Kier molecular flexibility index (Phi) is 2.92. The highest BCUT2D eigenvalue weighted by atomic mass is 32.1. The second kappa shape index (κ2) is 4.80. The molecule has 1 N–H and O–H groups in total. The second-order valence-corrected chi connectivity index (χ2v) is 6.51. The average molecular weight is 301 g/mol. The molecule has 4 rings (SSSR count). The lowest BCUT2D eigenvalue weighted by atomic mass is 10.1. The first-order valence-electron chi connectivity index (χ1n) is 7.16. The van der Waals surface area contributed by atoms with Gasteiger partial charge in [-0.15, -0.1) is 11.3 Å². The molecule has 2 fully saturated rings. The van der Waals surface area contributed by atoms with Crippen molar-refractivity contribution in [3.8, 4) is 0 Å². The Morgan fingerprint density at radius 3 is 2.95 bits per heavy atom. The van der Waals surface area contributed by atoms with E-state index in [1.807, 2.05) is 18.2 Å². The van der Waals surface area contributed by atoms with Crippen LogP contribution in [0.5, 0.6) is 0 Å². The van der Waals surface area contributed by atoms with E-state index in [1.54, 1.807) is 21.7 Å². The van der Waals surface area contributed by atoms with Gasteiger partial charge < -0.3 is 10.2 Å². The monoisotopic (exact) mass is 301 g/mol. The van der Waals surface area contributed by atoms with Crippen LogP contribution in [0.3, 0.4) is 0 Å². The maximum atomic E-state index is 12.7. The van der Waals surface area contributed by atoms with E-state index in [-0.39, 0.29) is 17.9 Å². The lowest BCUT2D eigenvalue weighted by Crippen LogP contribution is -2.46. The Morgan fingerprint density at radius 1 is 1.29 bits per heavy atom. The fourth-order valence-electron chi connectivity index (χ4n) is 2.82. The fourth-order valence-corrected chi connectivity index (χ4v) is 3.53. The third-order valence-corrected chi connectivity index (χ3v) is 4.92. The van der Waals surface area contributed by atoms with Gasteiger partial charge >= 0.3 is 0 Å². The molecule has 6 heteroatoms. The molecular formula is C15H15N3O2S. The van der Waals surface area contributed by atoms with Gasteiger partial charge in [0.05, 0.1) is 15.7 Å². The van der Waals surface area contributed by atoms with E-state index in [1.165, 1.54) is 0 Å². The van der Waals surface area contributed by atoms with Crippen LogP contribution in [0, 0.1) is 5.92 Å². The molecule has 0 radical (unpaired) electrons. The molecule has 1 saturated heterocycles. The Labute approximate surface area is 126 Å². The van der Waals surface area contributed by atoms with Crippen molar-refractivity contribution < 1.29 is 9.59 Å². The van der Waals surface area contributed by atoms with Gasteiger partial charge in [-0.3, -0.25) is 9.59 Å². The SMILES string of the molecule is O=C1CCN(c2ccc3ncsc3c2)C(=O)C(C2CC2)N1. The number of anilines is 1. The van der Waals surface area contributed by atoms with Crippen LogP contribution in [0.1, 0.15) is 19.3 Å². The van der Waals surface area contributed by atoms with Crippen molar-refractivity contribution in [3.05, 3.63) is 23.7 Å². The average Bonchev–Trinajstić information content (AvgIpc) is 3.23. The number of hydrogen-bond donors (Lipinski definition) is 1. The highest BCUT2D eigenvalue weighted by Crippen LogP contribution is 2.35. The van der Waals surface area contributed by atoms with Crippen molar-refractivity contribution in [2.24, 2.45) is 5.92 Å². The number of benzene rings is 1. The fraction of sp³-hybridized carbons (Fsp3) is 0.400. The molecule has 21 heavy (non-hydrogen) atoms. The minimum absolute atomic E-state index is 0.0206. The van der Waals surface area contributed by atoms with Crippen molar-refractivity contribution in [2.75, 3.05) is 11.4 Å². The predicted octanol–water partition coefficient (Wildman–Crippen LogP) is 1.93. The quantitative estimate of drug-likeness (QED) is 0.922. The van der Waals surface area contributed by atoms with Crippen LogP contribution < -0.4 is 10.2 Å². The van der Waals surface area contributed by atoms with Gasteiger partial charge in [0.2, 0.25) is 11.8 Å². The molecule has 0 spiro atoms. The summed E-state index contributed by atoms with van der Waals surface area (Å²) in [6.45, 7) is 0.443. The van der Waals surface area contributed by atoms with Crippen LogP contribution in [0.25, 0.3) is 10.2 Å². The molecule has 2 aromatic rings. The Hall–Kier alpha value is -1.95. The van der Waals surface area contributed by atoms with Gasteiger partial charge in [0, 0.05) is 18.7 Å². The van der Waals surface area contributed by atoms with Gasteiger partial charge in [0.25, 0.3) is 0 Å². The molecule has 2 aliphatic rings. The molecule has 1 aromatic carbocycles. The molecule has 1 saturated carbocycles. The Morgan fingerprint density at radius 2 is 2.14 bits per heavy atom. The van der Waals surface area contributed by atoms with E-state index in [4.69, 9.17) is 0 Å². The number of fused-ring (bicyclic) bond motifs is 1. The summed E-state index contributed by atoms with van der Waals surface area (Å²) in [7, 11) is 0. The Bertz CT molecular complexity index is 723. The molecule has 1 aliphatic heterocycles. The van der Waals surface area contributed by atoms with Crippen LogP contribution in [0.15, 0.2) is 23.7 Å². The van der Waals surface area contributed by atoms with Crippen molar-refractivity contribution in [2.45, 2.75) is 25.3 Å². The summed E-state index contributed by atoms with van der Waals surface area (Å²) in [5.41, 5.74) is 3.61. The van der Waals surface area contributed by atoms with Crippen LogP contribution in [0.4, 0.5) is 5.69 Å². The maximum absolute atomic E-state index is 12.7. The van der Waals surface area contributed by atoms with E-state index in [2.05, 4.69) is 10.3 Å². The molecule has 5 nitrogen and oxygen atoms in total. The zero-order valence-electron chi connectivity index (χ0n) is 11.4. The molecule has 1 atom stereocenters. The molecule has 0 bridgehead atoms. The molecule has 1 unspecified atom stereocenters. The Balaban J connectivity index is 1.70. The minimum Gasteiger partial charge on any atom is -0.344 e. The van der Waals surface area contributed by atoms with Crippen molar-refractivity contribution in [1.82, 2.24) is 10.3 Å². The molecule has 1 aromatic heterocycles. The van der Waals surface area contributed by atoms with Gasteiger partial charge in [-0.2, -0.15) is 0 Å². The van der Waals surface area contributed by atoms with Crippen molar-refractivity contribution in [3.63, 3.8) is 0 Å². The standard InChI is InChI=1S/C15H15N3O2S/c19-13-5-6-18(15(20)14(17-13)9-1-2-9)10-3-4-11-12(7-10)21-8-16-11/h3-4,7-9,14H,1-2,5-6H2,(H,17,19). The lowest BCUT2D eigenvalue weighted by molar-refractivity contribution is -0.126. The first-order chi connectivity index (χ1) is 10.2. The summed E-state index contributed by atoms with van der Waals surface area (Å²) in [5, 5.41) is 2.88. The smallest absolute Gasteiger partial charge is 0.249 e. The van der Waals surface area contributed by atoms with Crippen LogP contribution in [0.2, 0.25) is 0 Å². The van der Waals surface area contributed by atoms with Gasteiger partial charge in [0.1, 0.15) is 6.04 Å². The van der Waals surface area contributed by atoms with E-state index < -0.39 is 0 Å². The number of amides is 2. The first kappa shape index (κ1) is 12.8. The lowest BCUT2D eigenvalue weighted by Gasteiger charge is -2.24. The van der Waals surface area contributed by atoms with Crippen LogP contribution in [-0.2, 0) is 9.59 Å². The summed E-state index contributed by atoms with van der Waals surface area (Å²) in [6.07, 6.45) is 2.41. The van der Waals surface area contributed by atoms with Crippen LogP contribution >= 0.6 is 11.3 Å². The van der Waals surface area contributed by atoms with E-state index in [0.29, 0.717) is 18.9 Å². The normalized spacial score (nSPS) is 23.2. The van der Waals surface area contributed by atoms with Gasteiger partial charge in [-0.1, -0.05) is 0 Å². The second-order valence-electron chi connectivity index (χ2n) is 5.63. The minimum atomic E-state index is -0.350. The zero-order chi connectivity index (χ0) is 14.4. The van der Waals surface area contributed by atoms with Gasteiger partial charge in [-0.05, 0) is 37.0 Å². The molecule has 1 aliphatic carbocycles. The number of hydrogen-bond acceptors (Lipinski definition) is 4. The number of rotatable bonds is 2. The number of carbonyl (C=O) groups excluding carboxylic acids is 2. The van der Waals surface area contributed by atoms with Crippen LogP contribution in [-0.4, -0.2) is 29.4 Å². The van der Waals surface area contributed by atoms with E-state index in [9.17, 15) is 9.59 Å². The summed E-state index contributed by atoms with van der Waals surface area (Å²) < 4.78 is 1.06. The number of aromatic nitrogens is 1. The molecule has 108 valence electrons. The maximum Gasteiger partial charge on any atom is 0.249 e. The third kappa shape index (κ3) is 2.29. The number of thiazole rings is 1. The molecular weight excluding hydrogens is 286 g/mol. The first-order valence-corrected chi connectivity index (χ1v) is 8.04. The predicted molar refractivity (Wildman–Crippen MR) is 81.2 cm³/mol. The zero-order valence-corrected chi connectivity index (χ0v) is 12.2. The summed E-state index contributed by atoms with van der Waals surface area (Å²) in [4.78, 5) is 30.6. The van der Waals surface area contributed by atoms with Crippen molar-refractivity contribution in [1.29, 1.82) is 0 Å². The number of carbonyl (C=O) groups is 2. The highest BCUT2D eigenvalue weighted by molar-refractivity contribution is 7.16. The van der Waals surface area contributed by atoms with Gasteiger partial charge in [0.15, 0.2) is 0 Å². The molecule has 2 amide bonds. The molecule has 2 heterocycles. The van der Waals surface area contributed by atoms with Gasteiger partial charge in [-0.25, -0.2) is 4.98 Å². The number of nitrogens with one attached hydrogen (secondary N) is 1. The van der Waals surface area contributed by atoms with E-state index in [0.717, 1.165) is 28.7 Å². The third-order valence-electron chi connectivity index (χ3n) is 4.13. The summed E-state index contributed by atoms with van der Waals surface area (Å²) in [5.74, 6) is 0.308. The summed E-state index contributed by atoms with van der Waals surface area (Å²) in [6, 6.07) is 5.49. The van der Waals surface area contributed by atoms with E-state index >= 15 is 0 Å². The largest absolute Gasteiger partial charge is 0.344 e. The summed E-state index contributed by atoms with van der Waals surface area (Å²) >= 11 is 1.56. The highest BCUT2D eigenvalue weighted by Gasteiger charge is 2.41. The topological polar surface area (TPSA) is 62.3 Å². The van der Waals surface area contributed by atoms with Crippen molar-refractivity contribution >= 4 is 39.1 Å². The number of nitrogens with zero attached hydrogens (tertiary/aromatic N) is 2.